The fourth-order valence-corrected chi connectivity index (χ4v) is 2.86. The molecule has 0 saturated carbocycles. The Morgan fingerprint density at radius 1 is 1.38 bits per heavy atom. The number of nitrogens with zero attached hydrogens (tertiary/aromatic N) is 3. The van der Waals surface area contributed by atoms with Crippen molar-refractivity contribution in [1.82, 2.24) is 19.6 Å². The molecule has 2 atom stereocenters. The number of nitrogens with two attached hydrogens (primary N) is 1. The van der Waals surface area contributed by atoms with Crippen molar-refractivity contribution in [1.29, 1.82) is 0 Å². The number of fused-ring (bicyclic) bond motifs is 2. The van der Waals surface area contributed by atoms with Gasteiger partial charge < -0.3 is 11.1 Å². The predicted molar refractivity (Wildman–Crippen MR) is 78.1 cm³/mol. The van der Waals surface area contributed by atoms with E-state index in [1.54, 1.807) is 6.07 Å². The molecule has 0 spiro atoms. The summed E-state index contributed by atoms with van der Waals surface area (Å²) in [7, 11) is 0. The summed E-state index contributed by atoms with van der Waals surface area (Å²) in [6.07, 6.45) is 2.30. The third-order valence-corrected chi connectivity index (χ3v) is 3.89. The average Bonchev–Trinajstić information content (AvgIpc) is 3.01. The molecule has 106 valence electrons. The van der Waals surface area contributed by atoms with Gasteiger partial charge in [0.1, 0.15) is 12.1 Å². The van der Waals surface area contributed by atoms with Crippen LogP contribution in [0.2, 0.25) is 0 Å². The van der Waals surface area contributed by atoms with Crippen LogP contribution in [0, 0.1) is 0 Å². The fourth-order valence-electron chi connectivity index (χ4n) is 2.86. The van der Waals surface area contributed by atoms with Crippen LogP contribution in [-0.2, 0) is 6.42 Å². The second-order valence-electron chi connectivity index (χ2n) is 5.22. The number of anilines is 1. The van der Waals surface area contributed by atoms with E-state index in [0.29, 0.717) is 11.5 Å². The zero-order chi connectivity index (χ0) is 14.4. The summed E-state index contributed by atoms with van der Waals surface area (Å²) in [6, 6.07) is 9.96. The van der Waals surface area contributed by atoms with Crippen LogP contribution in [0.1, 0.15) is 17.2 Å². The Bertz CT molecular complexity index is 867. The standard InChI is InChI=1S/C14H14N6O/c15-10-5-8-3-1-2-4-9(8)13(10)17-11-6-12-18-19-14(21)20(12)7-16-11/h1-4,6-7,10,13,17H,5,15H2,(H,19,21). The van der Waals surface area contributed by atoms with Crippen molar-refractivity contribution in [3.05, 3.63) is 58.3 Å². The monoisotopic (exact) mass is 282 g/mol. The maximum absolute atomic E-state index is 11.4. The van der Waals surface area contributed by atoms with Crippen LogP contribution in [0.4, 0.5) is 5.82 Å². The number of hydrogen-bond donors (Lipinski definition) is 3. The molecule has 0 saturated heterocycles. The lowest BCUT2D eigenvalue weighted by Gasteiger charge is -2.19. The Kier molecular flexibility index (Phi) is 2.55. The molecular formula is C14H14N6O. The molecule has 2 heterocycles. The number of aromatic nitrogens is 4. The molecule has 0 radical (unpaired) electrons. The zero-order valence-corrected chi connectivity index (χ0v) is 11.2. The second-order valence-corrected chi connectivity index (χ2v) is 5.22. The molecule has 4 rings (SSSR count). The third-order valence-electron chi connectivity index (χ3n) is 3.89. The van der Waals surface area contributed by atoms with Crippen molar-refractivity contribution in [2.75, 3.05) is 5.32 Å². The van der Waals surface area contributed by atoms with Crippen LogP contribution in [0.5, 0.6) is 0 Å². The number of nitrogens with one attached hydrogen (secondary N) is 2. The van der Waals surface area contributed by atoms with Crippen molar-refractivity contribution in [2.24, 2.45) is 5.73 Å². The second kappa shape index (κ2) is 4.42. The van der Waals surface area contributed by atoms with Gasteiger partial charge in [-0.05, 0) is 17.5 Å². The zero-order valence-electron chi connectivity index (χ0n) is 11.2. The minimum atomic E-state index is -0.299. The van der Waals surface area contributed by atoms with Crippen LogP contribution in [0.15, 0.2) is 41.5 Å². The Labute approximate surface area is 119 Å². The number of hydrogen-bond acceptors (Lipinski definition) is 5. The van der Waals surface area contributed by atoms with E-state index in [1.165, 1.54) is 21.9 Å². The number of rotatable bonds is 2. The van der Waals surface area contributed by atoms with E-state index in [1.807, 2.05) is 12.1 Å². The summed E-state index contributed by atoms with van der Waals surface area (Å²) in [5.74, 6) is 0.652. The minimum absolute atomic E-state index is 0.00167. The third kappa shape index (κ3) is 1.90. The number of H-pyrrole nitrogens is 1. The van der Waals surface area contributed by atoms with Gasteiger partial charge in [-0.2, -0.15) is 5.10 Å². The van der Waals surface area contributed by atoms with Crippen molar-refractivity contribution >= 4 is 11.5 Å². The van der Waals surface area contributed by atoms with Gasteiger partial charge in [0, 0.05) is 12.1 Å². The van der Waals surface area contributed by atoms with Crippen molar-refractivity contribution in [3.63, 3.8) is 0 Å². The lowest BCUT2D eigenvalue weighted by Crippen LogP contribution is -2.30. The molecule has 4 N–H and O–H groups in total. The van der Waals surface area contributed by atoms with Gasteiger partial charge in [-0.1, -0.05) is 24.3 Å². The van der Waals surface area contributed by atoms with E-state index in [0.717, 1.165) is 6.42 Å². The predicted octanol–water partition coefficient (Wildman–Crippen LogP) is 0.454. The number of aromatic amines is 1. The van der Waals surface area contributed by atoms with Crippen LogP contribution in [0.3, 0.4) is 0 Å². The van der Waals surface area contributed by atoms with Crippen molar-refractivity contribution in [3.8, 4) is 0 Å². The highest BCUT2D eigenvalue weighted by Crippen LogP contribution is 2.32. The highest BCUT2D eigenvalue weighted by atomic mass is 16.1. The first-order chi connectivity index (χ1) is 10.2. The van der Waals surface area contributed by atoms with Gasteiger partial charge in [0.2, 0.25) is 0 Å². The van der Waals surface area contributed by atoms with E-state index < -0.39 is 0 Å². The van der Waals surface area contributed by atoms with Crippen LogP contribution in [0.25, 0.3) is 5.65 Å². The molecule has 7 heteroatoms. The topological polar surface area (TPSA) is 101 Å². The van der Waals surface area contributed by atoms with E-state index in [9.17, 15) is 4.79 Å². The van der Waals surface area contributed by atoms with Crippen molar-refractivity contribution < 1.29 is 0 Å². The Morgan fingerprint density at radius 2 is 2.24 bits per heavy atom. The molecule has 0 aliphatic heterocycles. The molecule has 1 aromatic carbocycles. The Morgan fingerprint density at radius 3 is 3.14 bits per heavy atom. The minimum Gasteiger partial charge on any atom is -0.362 e. The van der Waals surface area contributed by atoms with Gasteiger partial charge in [-0.25, -0.2) is 19.3 Å². The van der Waals surface area contributed by atoms with Gasteiger partial charge in [0.15, 0.2) is 5.65 Å². The molecular weight excluding hydrogens is 268 g/mol. The smallest absolute Gasteiger partial charge is 0.348 e. The quantitative estimate of drug-likeness (QED) is 0.633. The Balaban J connectivity index is 1.69. The summed E-state index contributed by atoms with van der Waals surface area (Å²) < 4.78 is 1.35. The molecule has 1 aliphatic carbocycles. The SMILES string of the molecule is NC1Cc2ccccc2C1Nc1cc2n[nH]c(=O)n2cn1. The molecule has 3 aromatic rings. The maximum Gasteiger partial charge on any atom is 0.348 e. The van der Waals surface area contributed by atoms with E-state index in [-0.39, 0.29) is 17.8 Å². The van der Waals surface area contributed by atoms with Crippen molar-refractivity contribution in [2.45, 2.75) is 18.5 Å². The van der Waals surface area contributed by atoms with Gasteiger partial charge in [0.05, 0.1) is 6.04 Å². The summed E-state index contributed by atoms with van der Waals surface area (Å²) in [5.41, 5.74) is 8.92. The average molecular weight is 282 g/mol. The number of benzene rings is 1. The van der Waals surface area contributed by atoms with E-state index in [4.69, 9.17) is 5.73 Å². The maximum atomic E-state index is 11.4. The molecule has 0 bridgehead atoms. The highest BCUT2D eigenvalue weighted by molar-refractivity contribution is 5.51. The van der Waals surface area contributed by atoms with Crippen LogP contribution >= 0.6 is 0 Å². The van der Waals surface area contributed by atoms with Gasteiger partial charge >= 0.3 is 5.69 Å². The van der Waals surface area contributed by atoms with Gasteiger partial charge in [0.25, 0.3) is 0 Å². The first-order valence-electron chi connectivity index (χ1n) is 6.75. The summed E-state index contributed by atoms with van der Waals surface area (Å²) in [4.78, 5) is 15.7. The van der Waals surface area contributed by atoms with Gasteiger partial charge in [-0.3, -0.25) is 0 Å². The largest absolute Gasteiger partial charge is 0.362 e. The fraction of sp³-hybridized carbons (Fsp3) is 0.214. The first-order valence-corrected chi connectivity index (χ1v) is 6.75. The summed E-state index contributed by atoms with van der Waals surface area (Å²) >= 11 is 0. The van der Waals surface area contributed by atoms with Crippen LogP contribution < -0.4 is 16.7 Å². The summed E-state index contributed by atoms with van der Waals surface area (Å²) in [5, 5.41) is 9.66. The first kappa shape index (κ1) is 12.1. The highest BCUT2D eigenvalue weighted by Gasteiger charge is 2.29. The van der Waals surface area contributed by atoms with E-state index in [2.05, 4.69) is 32.6 Å². The normalized spacial score (nSPS) is 20.6. The molecule has 0 amide bonds. The molecule has 7 nitrogen and oxygen atoms in total. The molecule has 2 aromatic heterocycles. The lowest BCUT2D eigenvalue weighted by molar-refractivity contribution is 0.623. The Hall–Kier alpha value is -2.67. The van der Waals surface area contributed by atoms with E-state index >= 15 is 0 Å². The van der Waals surface area contributed by atoms with Crippen LogP contribution in [-0.4, -0.2) is 25.6 Å². The molecule has 21 heavy (non-hydrogen) atoms. The molecule has 1 aliphatic rings. The lowest BCUT2D eigenvalue weighted by atomic mass is 10.1. The summed E-state index contributed by atoms with van der Waals surface area (Å²) in [6.45, 7) is 0. The molecule has 2 unspecified atom stereocenters. The molecule has 0 fully saturated rings. The van der Waals surface area contributed by atoms with Gasteiger partial charge in [-0.15, -0.1) is 0 Å².